The fourth-order valence-corrected chi connectivity index (χ4v) is 5.19. The van der Waals surface area contributed by atoms with Crippen molar-refractivity contribution in [3.05, 3.63) is 47.0 Å². The van der Waals surface area contributed by atoms with Crippen LogP contribution in [0.4, 0.5) is 0 Å². The third-order valence-corrected chi connectivity index (χ3v) is 7.07. The van der Waals surface area contributed by atoms with E-state index in [-0.39, 0.29) is 23.8 Å². The summed E-state index contributed by atoms with van der Waals surface area (Å²) in [6.45, 7) is 1.39. The summed E-state index contributed by atoms with van der Waals surface area (Å²) in [4.78, 5) is 27.4. The first kappa shape index (κ1) is 17.0. The van der Waals surface area contributed by atoms with Crippen LogP contribution in [0.1, 0.15) is 49.9 Å². The molecule has 1 aromatic carbocycles. The van der Waals surface area contributed by atoms with E-state index in [9.17, 15) is 9.59 Å². The average molecular weight is 393 g/mol. The molecular formula is C21H23N5O3. The topological polar surface area (TPSA) is 86.2 Å². The van der Waals surface area contributed by atoms with Crippen molar-refractivity contribution in [2.24, 2.45) is 5.41 Å². The van der Waals surface area contributed by atoms with E-state index in [1.54, 1.807) is 6.07 Å². The molecule has 0 radical (unpaired) electrons. The summed E-state index contributed by atoms with van der Waals surface area (Å²) in [6, 6.07) is 7.75. The molecule has 2 aliphatic carbocycles. The molecule has 0 bridgehead atoms. The molecule has 1 saturated heterocycles. The Bertz CT molecular complexity index is 1150. The van der Waals surface area contributed by atoms with Gasteiger partial charge in [0.2, 0.25) is 5.91 Å². The van der Waals surface area contributed by atoms with E-state index < -0.39 is 5.76 Å². The third kappa shape index (κ3) is 2.58. The van der Waals surface area contributed by atoms with E-state index in [1.807, 2.05) is 29.4 Å². The molecule has 1 spiro atoms. The molecule has 6 rings (SSSR count). The van der Waals surface area contributed by atoms with Crippen LogP contribution < -0.4 is 5.76 Å². The highest BCUT2D eigenvalue weighted by Crippen LogP contribution is 2.56. The molecule has 0 N–H and O–H groups in total. The van der Waals surface area contributed by atoms with E-state index in [0.717, 1.165) is 25.2 Å². The third-order valence-electron chi connectivity index (χ3n) is 7.07. The first-order chi connectivity index (χ1) is 14.1. The van der Waals surface area contributed by atoms with Gasteiger partial charge in [0.1, 0.15) is 18.7 Å². The van der Waals surface area contributed by atoms with Crippen LogP contribution in [0, 0.1) is 5.41 Å². The van der Waals surface area contributed by atoms with Crippen molar-refractivity contribution in [1.29, 1.82) is 0 Å². The second-order valence-corrected chi connectivity index (χ2v) is 8.79. The van der Waals surface area contributed by atoms with Gasteiger partial charge in [-0.25, -0.2) is 4.79 Å². The average Bonchev–Trinajstić information content (AvgIpc) is 3.14. The molecule has 29 heavy (non-hydrogen) atoms. The predicted octanol–water partition coefficient (Wildman–Crippen LogP) is 2.32. The Morgan fingerprint density at radius 2 is 2.07 bits per heavy atom. The molecule has 3 aromatic rings. The normalized spacial score (nSPS) is 23.0. The van der Waals surface area contributed by atoms with Crippen molar-refractivity contribution in [1.82, 2.24) is 24.2 Å². The molecule has 3 heterocycles. The minimum Gasteiger partial charge on any atom is -0.408 e. The Balaban J connectivity index is 1.28. The van der Waals surface area contributed by atoms with Gasteiger partial charge in [-0.3, -0.25) is 9.36 Å². The molecule has 1 aliphatic heterocycles. The lowest BCUT2D eigenvalue weighted by Gasteiger charge is -2.42. The zero-order valence-electron chi connectivity index (χ0n) is 16.2. The smallest absolute Gasteiger partial charge is 0.408 e. The van der Waals surface area contributed by atoms with Gasteiger partial charge in [0, 0.05) is 25.0 Å². The van der Waals surface area contributed by atoms with Gasteiger partial charge < -0.3 is 13.9 Å². The number of hydrogen-bond donors (Lipinski definition) is 0. The predicted molar refractivity (Wildman–Crippen MR) is 104 cm³/mol. The largest absolute Gasteiger partial charge is 0.420 e. The molecule has 1 atom stereocenters. The van der Waals surface area contributed by atoms with Gasteiger partial charge in [-0.1, -0.05) is 18.6 Å². The zero-order chi connectivity index (χ0) is 19.6. The molecular weight excluding hydrogens is 370 g/mol. The Kier molecular flexibility index (Phi) is 3.54. The Labute approximate surface area is 167 Å². The Hall–Kier alpha value is -2.90. The van der Waals surface area contributed by atoms with Crippen molar-refractivity contribution in [3.8, 4) is 0 Å². The lowest BCUT2D eigenvalue weighted by Crippen LogP contribution is -2.39. The maximum Gasteiger partial charge on any atom is 0.420 e. The van der Waals surface area contributed by atoms with Gasteiger partial charge in [0.05, 0.1) is 5.52 Å². The number of benzene rings is 1. The molecule has 3 aliphatic rings. The van der Waals surface area contributed by atoms with Crippen LogP contribution >= 0.6 is 0 Å². The second kappa shape index (κ2) is 6.05. The molecule has 2 aromatic heterocycles. The number of amides is 1. The number of likely N-dealkylation sites (tertiary alicyclic amines) is 1. The number of fused-ring (bicyclic) bond motifs is 1. The van der Waals surface area contributed by atoms with E-state index in [1.165, 1.54) is 23.8 Å². The number of carbonyl (C=O) groups excluding carboxylic acids is 1. The SMILES string of the molecule is O=C(Cn1c(=O)oc2ccccc21)N1CC(c2nncn2C2CC2)C2(CCC2)C1. The van der Waals surface area contributed by atoms with Crippen LogP contribution in [0.2, 0.25) is 0 Å². The molecule has 1 unspecified atom stereocenters. The van der Waals surface area contributed by atoms with Crippen molar-refractivity contribution >= 4 is 17.0 Å². The first-order valence-corrected chi connectivity index (χ1v) is 10.4. The van der Waals surface area contributed by atoms with E-state index in [2.05, 4.69) is 14.8 Å². The molecule has 1 amide bonds. The molecule has 8 nitrogen and oxygen atoms in total. The summed E-state index contributed by atoms with van der Waals surface area (Å²) in [5.74, 6) is 0.738. The van der Waals surface area contributed by atoms with Crippen LogP contribution in [0.25, 0.3) is 11.1 Å². The highest BCUT2D eigenvalue weighted by Gasteiger charge is 2.54. The summed E-state index contributed by atoms with van der Waals surface area (Å²) in [7, 11) is 0. The lowest BCUT2D eigenvalue weighted by molar-refractivity contribution is -0.131. The monoisotopic (exact) mass is 393 g/mol. The molecule has 8 heteroatoms. The van der Waals surface area contributed by atoms with Crippen LogP contribution in [-0.4, -0.2) is 43.2 Å². The highest BCUT2D eigenvalue weighted by atomic mass is 16.4. The van der Waals surface area contributed by atoms with Crippen LogP contribution in [0.5, 0.6) is 0 Å². The zero-order valence-corrected chi connectivity index (χ0v) is 16.2. The van der Waals surface area contributed by atoms with Crippen molar-refractivity contribution in [2.75, 3.05) is 13.1 Å². The molecule has 2 saturated carbocycles. The maximum absolute atomic E-state index is 13.2. The highest BCUT2D eigenvalue weighted by molar-refractivity contribution is 5.80. The van der Waals surface area contributed by atoms with Crippen LogP contribution in [0.15, 0.2) is 39.8 Å². The number of oxazole rings is 1. The van der Waals surface area contributed by atoms with Gasteiger partial charge in [-0.05, 0) is 43.2 Å². The van der Waals surface area contributed by atoms with Crippen molar-refractivity contribution < 1.29 is 9.21 Å². The molecule has 150 valence electrons. The quantitative estimate of drug-likeness (QED) is 0.679. The van der Waals surface area contributed by atoms with Gasteiger partial charge in [-0.15, -0.1) is 10.2 Å². The summed E-state index contributed by atoms with van der Waals surface area (Å²) in [5.41, 5.74) is 1.28. The van der Waals surface area contributed by atoms with Gasteiger partial charge >= 0.3 is 5.76 Å². The fraction of sp³-hybridized carbons (Fsp3) is 0.524. The van der Waals surface area contributed by atoms with Gasteiger partial charge in [-0.2, -0.15) is 0 Å². The second-order valence-electron chi connectivity index (χ2n) is 8.79. The van der Waals surface area contributed by atoms with E-state index >= 15 is 0 Å². The van der Waals surface area contributed by atoms with Crippen molar-refractivity contribution in [2.45, 2.75) is 50.6 Å². The summed E-state index contributed by atoms with van der Waals surface area (Å²) < 4.78 is 8.94. The number of carbonyl (C=O) groups is 1. The maximum atomic E-state index is 13.2. The standard InChI is InChI=1S/C21H23N5O3/c27-18(11-25-16-4-1-2-5-17(16)29-20(25)28)24-10-15(21(12-24)8-3-9-21)19-23-22-13-26(19)14-6-7-14/h1-2,4-5,13-15H,3,6-12H2. The van der Waals surface area contributed by atoms with Crippen LogP contribution in [0.3, 0.4) is 0 Å². The minimum absolute atomic E-state index is 0.00790. The summed E-state index contributed by atoms with van der Waals surface area (Å²) in [5, 5.41) is 8.65. The minimum atomic E-state index is -0.484. The number of nitrogens with zero attached hydrogens (tertiary/aromatic N) is 5. The lowest BCUT2D eigenvalue weighted by atomic mass is 9.62. The first-order valence-electron chi connectivity index (χ1n) is 10.4. The summed E-state index contributed by atoms with van der Waals surface area (Å²) in [6.07, 6.45) is 7.65. The summed E-state index contributed by atoms with van der Waals surface area (Å²) >= 11 is 0. The fourth-order valence-electron chi connectivity index (χ4n) is 5.19. The Morgan fingerprint density at radius 3 is 2.83 bits per heavy atom. The molecule has 3 fully saturated rings. The number of rotatable bonds is 4. The van der Waals surface area contributed by atoms with Gasteiger partial charge in [0.15, 0.2) is 5.58 Å². The van der Waals surface area contributed by atoms with Crippen molar-refractivity contribution in [3.63, 3.8) is 0 Å². The number of para-hydroxylation sites is 2. The number of hydrogen-bond acceptors (Lipinski definition) is 5. The van der Waals surface area contributed by atoms with E-state index in [0.29, 0.717) is 23.7 Å². The van der Waals surface area contributed by atoms with E-state index in [4.69, 9.17) is 4.42 Å². The Morgan fingerprint density at radius 1 is 1.24 bits per heavy atom. The van der Waals surface area contributed by atoms with Crippen LogP contribution in [-0.2, 0) is 11.3 Å². The van der Waals surface area contributed by atoms with Gasteiger partial charge in [0.25, 0.3) is 0 Å². The number of aromatic nitrogens is 4.